The molecule has 1 saturated carbocycles. The maximum Gasteiger partial charge on any atom is 0.223 e. The number of halogens is 1. The zero-order valence-corrected chi connectivity index (χ0v) is 12.1. The van der Waals surface area contributed by atoms with E-state index in [1.807, 2.05) is 18.2 Å². The predicted octanol–water partition coefficient (Wildman–Crippen LogP) is 2.92. The standard InChI is InChI=1S/C14H18BrNO2/c1-18-13-6-5-10(9-12(13)15)7-8-16-14(17)11-3-2-4-11/h5-6,9,11H,2-4,7-8H2,1H3,(H,16,17). The third-order valence-electron chi connectivity index (χ3n) is 3.41. The molecule has 1 N–H and O–H groups in total. The van der Waals surface area contributed by atoms with Gasteiger partial charge in [0.2, 0.25) is 5.91 Å². The van der Waals surface area contributed by atoms with Crippen LogP contribution in [0.15, 0.2) is 22.7 Å². The van der Waals surface area contributed by atoms with Crippen LogP contribution in [0.25, 0.3) is 0 Å². The van der Waals surface area contributed by atoms with Crippen molar-refractivity contribution in [2.75, 3.05) is 13.7 Å². The summed E-state index contributed by atoms with van der Waals surface area (Å²) in [6.45, 7) is 0.702. The molecule has 0 saturated heterocycles. The molecule has 0 unspecified atom stereocenters. The molecule has 98 valence electrons. The summed E-state index contributed by atoms with van der Waals surface area (Å²) in [5, 5.41) is 3.00. The summed E-state index contributed by atoms with van der Waals surface area (Å²) in [6.07, 6.45) is 4.16. The lowest BCUT2D eigenvalue weighted by Crippen LogP contribution is -2.35. The summed E-state index contributed by atoms with van der Waals surface area (Å²) >= 11 is 3.46. The summed E-state index contributed by atoms with van der Waals surface area (Å²) in [5.74, 6) is 1.32. The van der Waals surface area contributed by atoms with Crippen LogP contribution in [0.3, 0.4) is 0 Å². The van der Waals surface area contributed by atoms with Crippen molar-refractivity contribution in [1.82, 2.24) is 5.32 Å². The number of hydrogen-bond donors (Lipinski definition) is 1. The lowest BCUT2D eigenvalue weighted by atomic mass is 9.85. The highest BCUT2D eigenvalue weighted by Gasteiger charge is 2.24. The van der Waals surface area contributed by atoms with Crippen LogP contribution in [0.5, 0.6) is 5.75 Å². The van der Waals surface area contributed by atoms with Crippen LogP contribution in [0.1, 0.15) is 24.8 Å². The second-order valence-corrected chi connectivity index (χ2v) is 5.49. The summed E-state index contributed by atoms with van der Waals surface area (Å²) in [6, 6.07) is 6.00. The Morgan fingerprint density at radius 2 is 2.28 bits per heavy atom. The SMILES string of the molecule is COc1ccc(CCNC(=O)C2CCC2)cc1Br. The molecule has 1 aliphatic carbocycles. The first-order chi connectivity index (χ1) is 8.70. The lowest BCUT2D eigenvalue weighted by molar-refractivity contribution is -0.127. The van der Waals surface area contributed by atoms with E-state index in [0.29, 0.717) is 6.54 Å². The van der Waals surface area contributed by atoms with Gasteiger partial charge in [0, 0.05) is 12.5 Å². The van der Waals surface area contributed by atoms with E-state index in [9.17, 15) is 4.79 Å². The Morgan fingerprint density at radius 1 is 1.50 bits per heavy atom. The fourth-order valence-corrected chi connectivity index (χ4v) is 2.60. The van der Waals surface area contributed by atoms with Gasteiger partial charge in [0.1, 0.15) is 5.75 Å². The Balaban J connectivity index is 1.79. The van der Waals surface area contributed by atoms with E-state index in [4.69, 9.17) is 4.74 Å². The average molecular weight is 312 g/mol. The van der Waals surface area contributed by atoms with Gasteiger partial charge < -0.3 is 10.1 Å². The van der Waals surface area contributed by atoms with Crippen LogP contribution in [0, 0.1) is 5.92 Å². The number of methoxy groups -OCH3 is 1. The summed E-state index contributed by atoms with van der Waals surface area (Å²) in [7, 11) is 1.65. The number of ether oxygens (including phenoxy) is 1. The average Bonchev–Trinajstić information content (AvgIpc) is 2.27. The van der Waals surface area contributed by atoms with Gasteiger partial charge >= 0.3 is 0 Å². The minimum absolute atomic E-state index is 0.217. The molecule has 0 atom stereocenters. The van der Waals surface area contributed by atoms with Gasteiger partial charge in [-0.25, -0.2) is 0 Å². The lowest BCUT2D eigenvalue weighted by Gasteiger charge is -2.24. The number of nitrogens with one attached hydrogen (secondary N) is 1. The molecule has 0 radical (unpaired) electrons. The first kappa shape index (κ1) is 13.4. The van der Waals surface area contributed by atoms with Crippen molar-refractivity contribution in [3.8, 4) is 5.75 Å². The monoisotopic (exact) mass is 311 g/mol. The third kappa shape index (κ3) is 3.25. The second kappa shape index (κ2) is 6.23. The van der Waals surface area contributed by atoms with Crippen LogP contribution in [0.2, 0.25) is 0 Å². The van der Waals surface area contributed by atoms with Gasteiger partial charge in [-0.3, -0.25) is 4.79 Å². The number of carbonyl (C=O) groups excluding carboxylic acids is 1. The molecule has 0 heterocycles. The van der Waals surface area contributed by atoms with E-state index in [1.54, 1.807) is 7.11 Å². The minimum atomic E-state index is 0.217. The van der Waals surface area contributed by atoms with Crippen molar-refractivity contribution < 1.29 is 9.53 Å². The van der Waals surface area contributed by atoms with Crippen LogP contribution < -0.4 is 10.1 Å². The number of amides is 1. The Kier molecular flexibility index (Phi) is 4.64. The number of hydrogen-bond acceptors (Lipinski definition) is 2. The quantitative estimate of drug-likeness (QED) is 0.908. The molecule has 1 aromatic carbocycles. The molecule has 0 bridgehead atoms. The van der Waals surface area contributed by atoms with E-state index in [2.05, 4.69) is 21.2 Å². The Hall–Kier alpha value is -1.03. The zero-order valence-electron chi connectivity index (χ0n) is 10.5. The van der Waals surface area contributed by atoms with Gasteiger partial charge in [0.25, 0.3) is 0 Å². The van der Waals surface area contributed by atoms with Gasteiger partial charge in [-0.2, -0.15) is 0 Å². The molecule has 18 heavy (non-hydrogen) atoms. The van der Waals surface area contributed by atoms with E-state index < -0.39 is 0 Å². The second-order valence-electron chi connectivity index (χ2n) is 4.64. The Morgan fingerprint density at radius 3 is 2.83 bits per heavy atom. The van der Waals surface area contributed by atoms with Gasteiger partial charge in [0.15, 0.2) is 0 Å². The van der Waals surface area contributed by atoms with Crippen molar-refractivity contribution in [3.05, 3.63) is 28.2 Å². The molecule has 1 fully saturated rings. The zero-order chi connectivity index (χ0) is 13.0. The number of rotatable bonds is 5. The van der Waals surface area contributed by atoms with E-state index in [-0.39, 0.29) is 11.8 Å². The van der Waals surface area contributed by atoms with Crippen molar-refractivity contribution in [1.29, 1.82) is 0 Å². The highest BCUT2D eigenvalue weighted by molar-refractivity contribution is 9.10. The highest BCUT2D eigenvalue weighted by atomic mass is 79.9. The first-order valence-corrected chi connectivity index (χ1v) is 7.10. The van der Waals surface area contributed by atoms with Crippen molar-refractivity contribution in [2.24, 2.45) is 5.92 Å². The normalized spacial score (nSPS) is 15.0. The van der Waals surface area contributed by atoms with Crippen LogP contribution in [-0.2, 0) is 11.2 Å². The third-order valence-corrected chi connectivity index (χ3v) is 4.02. The van der Waals surface area contributed by atoms with Gasteiger partial charge in [-0.15, -0.1) is 0 Å². The van der Waals surface area contributed by atoms with Crippen LogP contribution >= 0.6 is 15.9 Å². The van der Waals surface area contributed by atoms with Gasteiger partial charge in [0.05, 0.1) is 11.6 Å². The van der Waals surface area contributed by atoms with Gasteiger partial charge in [-0.1, -0.05) is 12.5 Å². The molecule has 1 aliphatic rings. The molecular weight excluding hydrogens is 294 g/mol. The maximum absolute atomic E-state index is 11.6. The van der Waals surface area contributed by atoms with E-state index in [0.717, 1.165) is 29.5 Å². The smallest absolute Gasteiger partial charge is 0.223 e. The van der Waals surface area contributed by atoms with Crippen molar-refractivity contribution >= 4 is 21.8 Å². The molecule has 3 nitrogen and oxygen atoms in total. The molecule has 1 amide bonds. The number of carbonyl (C=O) groups is 1. The number of benzene rings is 1. The highest BCUT2D eigenvalue weighted by Crippen LogP contribution is 2.27. The topological polar surface area (TPSA) is 38.3 Å². The van der Waals surface area contributed by atoms with Crippen molar-refractivity contribution in [3.63, 3.8) is 0 Å². The molecule has 2 rings (SSSR count). The molecule has 0 aromatic heterocycles. The fourth-order valence-electron chi connectivity index (χ4n) is 2.01. The Bertz CT molecular complexity index is 430. The molecule has 0 spiro atoms. The van der Waals surface area contributed by atoms with Crippen LogP contribution in [0.4, 0.5) is 0 Å². The summed E-state index contributed by atoms with van der Waals surface area (Å²) < 4.78 is 6.13. The van der Waals surface area contributed by atoms with Gasteiger partial charge in [-0.05, 0) is 52.9 Å². The minimum Gasteiger partial charge on any atom is -0.496 e. The van der Waals surface area contributed by atoms with Crippen LogP contribution in [-0.4, -0.2) is 19.6 Å². The largest absolute Gasteiger partial charge is 0.496 e. The molecule has 1 aromatic rings. The first-order valence-electron chi connectivity index (χ1n) is 6.31. The van der Waals surface area contributed by atoms with E-state index >= 15 is 0 Å². The molecular formula is C14H18BrNO2. The predicted molar refractivity (Wildman–Crippen MR) is 74.7 cm³/mol. The molecule has 4 heteroatoms. The molecule has 0 aliphatic heterocycles. The Labute approximate surface area is 116 Å². The van der Waals surface area contributed by atoms with Crippen molar-refractivity contribution in [2.45, 2.75) is 25.7 Å². The summed E-state index contributed by atoms with van der Waals surface area (Å²) in [4.78, 5) is 11.6. The van der Waals surface area contributed by atoms with E-state index in [1.165, 1.54) is 12.0 Å². The fraction of sp³-hybridized carbons (Fsp3) is 0.500. The maximum atomic E-state index is 11.6. The summed E-state index contributed by atoms with van der Waals surface area (Å²) in [5.41, 5.74) is 1.19.